The van der Waals surface area contributed by atoms with Gasteiger partial charge in [-0.15, -0.1) is 0 Å². The van der Waals surface area contributed by atoms with Gasteiger partial charge in [0.1, 0.15) is 0 Å². The molecule has 0 aromatic heterocycles. The third-order valence-corrected chi connectivity index (χ3v) is 6.90. The van der Waals surface area contributed by atoms with Crippen molar-refractivity contribution >= 4 is 11.9 Å². The first kappa shape index (κ1) is 20.2. The number of piperidine rings is 2. The van der Waals surface area contributed by atoms with E-state index in [-0.39, 0.29) is 5.91 Å². The van der Waals surface area contributed by atoms with Crippen LogP contribution in [-0.2, 0) is 17.9 Å². The minimum absolute atomic E-state index is 0.279. The standard InChI is InChI=1S/C23H35N5O/c1-24-23(26-19-13-20-8-4-9-21(14-19)27(20)2)25-15-17-6-3-7-18(12-17)16-28-11-5-10-22(28)29/h3,6-7,12,19-21H,4-5,8-11,13-16H2,1-2H3,(H2,24,25,26). The normalized spacial score (nSPS) is 27.9. The summed E-state index contributed by atoms with van der Waals surface area (Å²) in [6, 6.07) is 10.5. The molecule has 0 aliphatic carbocycles. The third kappa shape index (κ3) is 4.92. The van der Waals surface area contributed by atoms with Gasteiger partial charge in [-0.2, -0.15) is 0 Å². The Morgan fingerprint density at radius 3 is 2.62 bits per heavy atom. The number of carbonyl (C=O) groups excluding carboxylic acids is 1. The number of aliphatic imine (C=N–C) groups is 1. The lowest BCUT2D eigenvalue weighted by atomic mass is 9.82. The van der Waals surface area contributed by atoms with Crippen LogP contribution in [0.1, 0.15) is 56.1 Å². The SMILES string of the molecule is CN=C(NCc1cccc(CN2CCCC2=O)c1)NC1CC2CCCC(C1)N2C. The molecule has 0 spiro atoms. The van der Waals surface area contributed by atoms with Crippen LogP contribution in [0.25, 0.3) is 0 Å². The first-order chi connectivity index (χ1) is 14.1. The fourth-order valence-corrected chi connectivity index (χ4v) is 5.24. The zero-order valence-electron chi connectivity index (χ0n) is 17.9. The van der Waals surface area contributed by atoms with Crippen molar-refractivity contribution < 1.29 is 4.79 Å². The number of carbonyl (C=O) groups is 1. The summed E-state index contributed by atoms with van der Waals surface area (Å²) in [5.41, 5.74) is 2.42. The van der Waals surface area contributed by atoms with Gasteiger partial charge in [-0.3, -0.25) is 9.79 Å². The number of nitrogens with one attached hydrogen (secondary N) is 2. The third-order valence-electron chi connectivity index (χ3n) is 6.90. The van der Waals surface area contributed by atoms with Gasteiger partial charge in [0.2, 0.25) is 5.91 Å². The maximum atomic E-state index is 11.9. The monoisotopic (exact) mass is 397 g/mol. The van der Waals surface area contributed by atoms with Gasteiger partial charge in [-0.25, -0.2) is 0 Å². The molecule has 3 aliphatic rings. The molecule has 3 aliphatic heterocycles. The van der Waals surface area contributed by atoms with Crippen LogP contribution in [0.4, 0.5) is 0 Å². The highest BCUT2D eigenvalue weighted by Gasteiger charge is 2.36. The van der Waals surface area contributed by atoms with Crippen LogP contribution in [0.3, 0.4) is 0 Å². The second-order valence-corrected chi connectivity index (χ2v) is 8.88. The van der Waals surface area contributed by atoms with Crippen LogP contribution < -0.4 is 10.6 Å². The summed E-state index contributed by atoms with van der Waals surface area (Å²) in [4.78, 5) is 20.9. The average Bonchev–Trinajstić information content (AvgIpc) is 3.10. The Morgan fingerprint density at radius 1 is 1.17 bits per heavy atom. The molecule has 3 heterocycles. The molecule has 158 valence electrons. The van der Waals surface area contributed by atoms with Gasteiger partial charge in [-0.1, -0.05) is 30.7 Å². The Hall–Kier alpha value is -2.08. The second kappa shape index (κ2) is 9.16. The van der Waals surface area contributed by atoms with E-state index in [0.29, 0.717) is 24.5 Å². The molecule has 2 bridgehead atoms. The maximum Gasteiger partial charge on any atom is 0.222 e. The van der Waals surface area contributed by atoms with E-state index in [1.165, 1.54) is 43.2 Å². The molecule has 0 saturated carbocycles. The Kier molecular flexibility index (Phi) is 6.38. The van der Waals surface area contributed by atoms with Gasteiger partial charge in [0, 0.05) is 51.2 Å². The molecule has 1 amide bonds. The fraction of sp³-hybridized carbons (Fsp3) is 0.652. The number of nitrogens with zero attached hydrogens (tertiary/aromatic N) is 3. The van der Waals surface area contributed by atoms with E-state index < -0.39 is 0 Å². The highest BCUT2D eigenvalue weighted by atomic mass is 16.2. The molecule has 1 aromatic carbocycles. The lowest BCUT2D eigenvalue weighted by Gasteiger charge is -2.47. The summed E-state index contributed by atoms with van der Waals surface area (Å²) in [6.07, 6.45) is 8.11. The molecule has 6 nitrogen and oxygen atoms in total. The quantitative estimate of drug-likeness (QED) is 0.592. The lowest BCUT2D eigenvalue weighted by Crippen LogP contribution is -2.56. The van der Waals surface area contributed by atoms with E-state index in [4.69, 9.17) is 0 Å². The molecule has 2 unspecified atom stereocenters. The molecule has 1 aromatic rings. The van der Waals surface area contributed by atoms with Crippen molar-refractivity contribution in [3.63, 3.8) is 0 Å². The minimum atomic E-state index is 0.279. The number of hydrogen-bond acceptors (Lipinski definition) is 3. The number of amides is 1. The van der Waals surface area contributed by atoms with Crippen molar-refractivity contribution in [1.82, 2.24) is 20.4 Å². The summed E-state index contributed by atoms with van der Waals surface area (Å²) in [7, 11) is 4.14. The highest BCUT2D eigenvalue weighted by molar-refractivity contribution is 5.80. The van der Waals surface area contributed by atoms with Crippen molar-refractivity contribution in [2.24, 2.45) is 4.99 Å². The topological polar surface area (TPSA) is 60.0 Å². The van der Waals surface area contributed by atoms with E-state index in [0.717, 1.165) is 32.0 Å². The van der Waals surface area contributed by atoms with Crippen molar-refractivity contribution in [3.8, 4) is 0 Å². The predicted molar refractivity (Wildman–Crippen MR) is 117 cm³/mol. The smallest absolute Gasteiger partial charge is 0.222 e. The number of benzene rings is 1. The second-order valence-electron chi connectivity index (χ2n) is 8.88. The molecule has 2 atom stereocenters. The molecular weight excluding hydrogens is 362 g/mol. The molecule has 2 N–H and O–H groups in total. The fourth-order valence-electron chi connectivity index (χ4n) is 5.24. The van der Waals surface area contributed by atoms with E-state index >= 15 is 0 Å². The summed E-state index contributed by atoms with van der Waals surface area (Å²) < 4.78 is 0. The van der Waals surface area contributed by atoms with Crippen LogP contribution in [0.5, 0.6) is 0 Å². The van der Waals surface area contributed by atoms with Crippen LogP contribution in [-0.4, -0.2) is 60.4 Å². The summed E-state index contributed by atoms with van der Waals surface area (Å²) in [5, 5.41) is 7.15. The van der Waals surface area contributed by atoms with E-state index in [1.807, 2.05) is 11.9 Å². The number of hydrogen-bond donors (Lipinski definition) is 2. The molecule has 3 saturated heterocycles. The number of rotatable bonds is 5. The number of likely N-dealkylation sites (tertiary alicyclic amines) is 1. The van der Waals surface area contributed by atoms with E-state index in [1.54, 1.807) is 0 Å². The van der Waals surface area contributed by atoms with Gasteiger partial charge in [0.05, 0.1) is 0 Å². The molecular formula is C23H35N5O. The van der Waals surface area contributed by atoms with Crippen molar-refractivity contribution in [1.29, 1.82) is 0 Å². The maximum absolute atomic E-state index is 11.9. The molecule has 3 fully saturated rings. The summed E-state index contributed by atoms with van der Waals surface area (Å²) >= 11 is 0. The van der Waals surface area contributed by atoms with Crippen LogP contribution in [0.2, 0.25) is 0 Å². The van der Waals surface area contributed by atoms with Gasteiger partial charge in [0.15, 0.2) is 5.96 Å². The first-order valence-electron chi connectivity index (χ1n) is 11.2. The van der Waals surface area contributed by atoms with Crippen LogP contribution in [0, 0.1) is 0 Å². The Balaban J connectivity index is 1.30. The summed E-state index contributed by atoms with van der Waals surface area (Å²) in [6.45, 7) is 2.34. The minimum Gasteiger partial charge on any atom is -0.354 e. The predicted octanol–water partition coefficient (Wildman–Crippen LogP) is 2.49. The highest BCUT2D eigenvalue weighted by Crippen LogP contribution is 2.32. The van der Waals surface area contributed by atoms with Gasteiger partial charge >= 0.3 is 0 Å². The largest absolute Gasteiger partial charge is 0.354 e. The number of guanidine groups is 1. The Bertz CT molecular complexity index is 735. The van der Waals surface area contributed by atoms with Crippen LogP contribution >= 0.6 is 0 Å². The van der Waals surface area contributed by atoms with Gasteiger partial charge in [-0.05, 0) is 50.3 Å². The first-order valence-corrected chi connectivity index (χ1v) is 11.2. The van der Waals surface area contributed by atoms with E-state index in [9.17, 15) is 4.79 Å². The van der Waals surface area contributed by atoms with Crippen molar-refractivity contribution in [3.05, 3.63) is 35.4 Å². The summed E-state index contributed by atoms with van der Waals surface area (Å²) in [5.74, 6) is 1.17. The number of fused-ring (bicyclic) bond motifs is 2. The van der Waals surface area contributed by atoms with Crippen molar-refractivity contribution in [2.75, 3.05) is 20.6 Å². The van der Waals surface area contributed by atoms with Crippen LogP contribution in [0.15, 0.2) is 29.3 Å². The van der Waals surface area contributed by atoms with Gasteiger partial charge < -0.3 is 20.4 Å². The lowest BCUT2D eigenvalue weighted by molar-refractivity contribution is -0.128. The van der Waals surface area contributed by atoms with Crippen molar-refractivity contribution in [2.45, 2.75) is 76.2 Å². The Labute approximate surface area is 174 Å². The molecule has 4 rings (SSSR count). The Morgan fingerprint density at radius 2 is 1.93 bits per heavy atom. The molecule has 0 radical (unpaired) electrons. The van der Waals surface area contributed by atoms with E-state index in [2.05, 4.69) is 51.8 Å². The molecule has 6 heteroatoms. The zero-order valence-corrected chi connectivity index (χ0v) is 17.9. The van der Waals surface area contributed by atoms with Gasteiger partial charge in [0.25, 0.3) is 0 Å². The molecule has 29 heavy (non-hydrogen) atoms. The zero-order chi connectivity index (χ0) is 20.2. The average molecular weight is 398 g/mol.